The Morgan fingerprint density at radius 2 is 1.51 bits per heavy atom. The van der Waals surface area contributed by atoms with Gasteiger partial charge in [0.1, 0.15) is 5.54 Å². The maximum Gasteiger partial charge on any atom is 0.326 e. The van der Waals surface area contributed by atoms with Gasteiger partial charge in [-0.25, -0.2) is 0 Å². The quantitative estimate of drug-likeness (QED) is 0.230. The van der Waals surface area contributed by atoms with E-state index < -0.39 is 23.4 Å². The molecule has 2 N–H and O–H groups in total. The highest BCUT2D eigenvalue weighted by Gasteiger charge is 2.36. The molecular weight excluding hydrogens is 478 g/mol. The van der Waals surface area contributed by atoms with E-state index in [1.165, 1.54) is 19.2 Å². The number of rotatable bonds is 17. The molecule has 1 unspecified atom stereocenters. The van der Waals surface area contributed by atoms with Gasteiger partial charge in [-0.3, -0.25) is 19.2 Å². The Kier molecular flexibility index (Phi) is 14.5. The normalized spacial score (nSPS) is 13.2. The van der Waals surface area contributed by atoms with Crippen molar-refractivity contribution in [1.29, 1.82) is 0 Å². The molecule has 208 valence electrons. The molecule has 0 fully saturated rings. The summed E-state index contributed by atoms with van der Waals surface area (Å²) in [5, 5.41) is 0. The van der Waals surface area contributed by atoms with Crippen LogP contribution >= 0.6 is 0 Å². The van der Waals surface area contributed by atoms with E-state index in [9.17, 15) is 19.2 Å². The molecule has 0 aliphatic carbocycles. The Morgan fingerprint density at radius 1 is 0.919 bits per heavy atom. The van der Waals surface area contributed by atoms with Crippen molar-refractivity contribution in [1.82, 2.24) is 0 Å². The van der Waals surface area contributed by atoms with Crippen molar-refractivity contribution in [3.05, 3.63) is 23.8 Å². The number of hydrogen-bond acceptors (Lipinski definition) is 9. The fraction of sp³-hybridized carbons (Fsp3) is 0.643. The van der Waals surface area contributed by atoms with Gasteiger partial charge in [-0.2, -0.15) is 0 Å². The Balaban J connectivity index is 3.11. The largest absolute Gasteiger partial charge is 0.468 e. The Hall–Kier alpha value is -2.94. The van der Waals surface area contributed by atoms with E-state index in [4.69, 9.17) is 24.7 Å². The summed E-state index contributed by atoms with van der Waals surface area (Å²) in [6.07, 6.45) is 5.08. The monoisotopic (exact) mass is 521 g/mol. The molecule has 0 radical (unpaired) electrons. The minimum atomic E-state index is -1.49. The number of esters is 4. The van der Waals surface area contributed by atoms with Crippen LogP contribution in [0.3, 0.4) is 0 Å². The van der Waals surface area contributed by atoms with Crippen LogP contribution in [-0.2, 0) is 35.1 Å². The van der Waals surface area contributed by atoms with Gasteiger partial charge in [0.15, 0.2) is 11.5 Å². The van der Waals surface area contributed by atoms with Gasteiger partial charge in [-0.1, -0.05) is 53.0 Å². The molecule has 0 spiro atoms. The first-order valence-corrected chi connectivity index (χ1v) is 13.2. The van der Waals surface area contributed by atoms with E-state index in [-0.39, 0.29) is 55.7 Å². The lowest BCUT2D eigenvalue weighted by Crippen LogP contribution is -2.51. The summed E-state index contributed by atoms with van der Waals surface area (Å²) in [4.78, 5) is 49.3. The number of unbranched alkanes of at least 4 members (excludes halogenated alkanes) is 2. The van der Waals surface area contributed by atoms with Gasteiger partial charge in [0.2, 0.25) is 0 Å². The molecule has 0 aliphatic heterocycles. The molecule has 0 saturated carbocycles. The topological polar surface area (TPSA) is 131 Å². The Bertz CT molecular complexity index is 900. The lowest BCUT2D eigenvalue weighted by atomic mass is 9.88. The third-order valence-electron chi connectivity index (χ3n) is 5.95. The number of carbonyl (C=O) groups is 4. The number of methoxy groups -OCH3 is 1. The summed E-state index contributed by atoms with van der Waals surface area (Å²) in [6, 6.07) is 4.70. The number of benzene rings is 1. The highest BCUT2D eigenvalue weighted by molar-refractivity contribution is 5.81. The molecule has 37 heavy (non-hydrogen) atoms. The van der Waals surface area contributed by atoms with Gasteiger partial charge >= 0.3 is 23.9 Å². The molecule has 0 saturated heterocycles. The van der Waals surface area contributed by atoms with Crippen LogP contribution in [0, 0.1) is 5.92 Å². The minimum Gasteiger partial charge on any atom is -0.468 e. The molecule has 0 amide bonds. The van der Waals surface area contributed by atoms with Crippen LogP contribution in [0.5, 0.6) is 11.5 Å². The molecule has 9 nitrogen and oxygen atoms in total. The lowest BCUT2D eigenvalue weighted by Gasteiger charge is -2.27. The van der Waals surface area contributed by atoms with Crippen molar-refractivity contribution in [2.45, 2.75) is 97.4 Å². The van der Waals surface area contributed by atoms with Crippen LogP contribution in [0.2, 0.25) is 0 Å². The van der Waals surface area contributed by atoms with Crippen molar-refractivity contribution in [3.8, 4) is 11.5 Å². The molecule has 0 heterocycles. The van der Waals surface area contributed by atoms with Crippen LogP contribution in [0.15, 0.2) is 18.2 Å². The fourth-order valence-electron chi connectivity index (χ4n) is 3.67. The maximum atomic E-state index is 12.6. The third-order valence-corrected chi connectivity index (χ3v) is 5.95. The van der Waals surface area contributed by atoms with Crippen LogP contribution in [0.25, 0.3) is 0 Å². The molecule has 9 heteroatoms. The van der Waals surface area contributed by atoms with E-state index in [1.54, 1.807) is 13.0 Å². The van der Waals surface area contributed by atoms with Crippen LogP contribution in [-0.4, -0.2) is 43.1 Å². The molecule has 1 aromatic carbocycles. The Morgan fingerprint density at radius 3 is 2.05 bits per heavy atom. The number of hydrogen-bond donors (Lipinski definition) is 1. The van der Waals surface area contributed by atoms with Gasteiger partial charge in [-0.05, 0) is 37.0 Å². The lowest BCUT2D eigenvalue weighted by molar-refractivity contribution is -0.153. The van der Waals surface area contributed by atoms with E-state index >= 15 is 0 Å². The van der Waals surface area contributed by atoms with E-state index in [0.717, 1.165) is 19.3 Å². The Labute approximate surface area is 220 Å². The summed E-state index contributed by atoms with van der Waals surface area (Å²) in [5.74, 6) is -1.93. The van der Waals surface area contributed by atoms with Gasteiger partial charge in [-0.15, -0.1) is 0 Å². The number of ether oxygens (including phenoxy) is 4. The molecule has 1 aromatic rings. The highest BCUT2D eigenvalue weighted by atomic mass is 16.6. The first-order valence-electron chi connectivity index (χ1n) is 13.2. The van der Waals surface area contributed by atoms with Crippen molar-refractivity contribution < 1.29 is 38.1 Å². The number of carbonyl (C=O) groups excluding carboxylic acids is 4. The average molecular weight is 522 g/mol. The van der Waals surface area contributed by atoms with Crippen molar-refractivity contribution in [2.75, 3.05) is 13.7 Å². The second kappa shape index (κ2) is 16.7. The van der Waals surface area contributed by atoms with Crippen molar-refractivity contribution in [3.63, 3.8) is 0 Å². The summed E-state index contributed by atoms with van der Waals surface area (Å²) in [5.41, 5.74) is 5.50. The standard InChI is InChI=1S/C28H43NO8/c1-6-9-12-24(30)36-22-15-14-21(18-23(22)37-25(31)13-10-7-2)19-28(29,27(33)34-5)16-17-35-26(32)20(4)11-8-3/h14-15,18,20H,6-13,16-17,19,29H2,1-5H3/t20-,28?/m0/s1. The summed E-state index contributed by atoms with van der Waals surface area (Å²) >= 11 is 0. The van der Waals surface area contributed by atoms with Crippen LogP contribution in [0.1, 0.15) is 91.0 Å². The minimum absolute atomic E-state index is 0.0192. The SMILES string of the molecule is CCCCC(=O)Oc1ccc(CC(N)(CCOC(=O)[C@@H](C)CCC)C(=O)OC)cc1OC(=O)CCCC. The summed E-state index contributed by atoms with van der Waals surface area (Å²) < 4.78 is 21.2. The summed E-state index contributed by atoms with van der Waals surface area (Å²) in [7, 11) is 1.24. The smallest absolute Gasteiger partial charge is 0.326 e. The molecule has 0 aliphatic rings. The predicted molar refractivity (Wildman–Crippen MR) is 139 cm³/mol. The zero-order valence-electron chi connectivity index (χ0n) is 22.9. The third kappa shape index (κ3) is 11.3. The van der Waals surface area contributed by atoms with Crippen LogP contribution < -0.4 is 15.2 Å². The highest BCUT2D eigenvalue weighted by Crippen LogP contribution is 2.31. The van der Waals surface area contributed by atoms with E-state index in [1.807, 2.05) is 20.8 Å². The van der Waals surface area contributed by atoms with E-state index in [0.29, 0.717) is 24.8 Å². The van der Waals surface area contributed by atoms with Crippen molar-refractivity contribution in [2.24, 2.45) is 11.7 Å². The van der Waals surface area contributed by atoms with Gasteiger partial charge < -0.3 is 24.7 Å². The zero-order chi connectivity index (χ0) is 27.8. The number of nitrogens with two attached hydrogens (primary N) is 1. The zero-order valence-corrected chi connectivity index (χ0v) is 22.9. The molecule has 2 atom stereocenters. The average Bonchev–Trinajstić information content (AvgIpc) is 2.87. The predicted octanol–water partition coefficient (Wildman–Crippen LogP) is 4.66. The molecule has 0 aromatic heterocycles. The van der Waals surface area contributed by atoms with Gasteiger partial charge in [0.25, 0.3) is 0 Å². The van der Waals surface area contributed by atoms with Gasteiger partial charge in [0, 0.05) is 25.7 Å². The van der Waals surface area contributed by atoms with Crippen molar-refractivity contribution >= 4 is 23.9 Å². The second-order valence-electron chi connectivity index (χ2n) is 9.37. The van der Waals surface area contributed by atoms with E-state index in [2.05, 4.69) is 0 Å². The molecule has 1 rings (SSSR count). The van der Waals surface area contributed by atoms with Gasteiger partial charge in [0.05, 0.1) is 19.6 Å². The first-order chi connectivity index (χ1) is 17.6. The van der Waals surface area contributed by atoms with Crippen LogP contribution in [0.4, 0.5) is 0 Å². The summed E-state index contributed by atoms with van der Waals surface area (Å²) in [6.45, 7) is 7.66. The first kappa shape index (κ1) is 32.1. The maximum absolute atomic E-state index is 12.6. The fourth-order valence-corrected chi connectivity index (χ4v) is 3.67. The molecular formula is C28H43NO8. The second-order valence-corrected chi connectivity index (χ2v) is 9.37. The molecule has 0 bridgehead atoms.